The summed E-state index contributed by atoms with van der Waals surface area (Å²) in [5, 5.41) is 11.1. The summed E-state index contributed by atoms with van der Waals surface area (Å²) in [6, 6.07) is 9.00. The summed E-state index contributed by atoms with van der Waals surface area (Å²) in [6.07, 6.45) is -3.10. The van der Waals surface area contributed by atoms with Gasteiger partial charge in [0.05, 0.1) is 5.56 Å². The Kier molecular flexibility index (Phi) is 4.81. The molecule has 0 aliphatic rings. The van der Waals surface area contributed by atoms with Crippen LogP contribution in [0.1, 0.15) is 15.9 Å². The van der Waals surface area contributed by atoms with E-state index in [9.17, 15) is 18.0 Å². The van der Waals surface area contributed by atoms with Gasteiger partial charge in [-0.1, -0.05) is 6.07 Å². The number of rotatable bonds is 4. The number of ether oxygens (including phenoxy) is 1. The molecule has 2 rings (SSSR count). The van der Waals surface area contributed by atoms with E-state index >= 15 is 0 Å². The smallest absolute Gasteiger partial charge is 0.416 e. The summed E-state index contributed by atoms with van der Waals surface area (Å²) < 4.78 is 42.8. The van der Waals surface area contributed by atoms with Gasteiger partial charge in [0.2, 0.25) is 0 Å². The van der Waals surface area contributed by atoms with Crippen LogP contribution in [0.25, 0.3) is 0 Å². The first-order valence-electron chi connectivity index (χ1n) is 6.35. The SMILES string of the molecule is N#CCOC(=O)c1cccnc1Nc1cccc(C(F)(F)F)c1. The fourth-order valence-electron chi connectivity index (χ4n) is 1.76. The van der Waals surface area contributed by atoms with Crippen molar-refractivity contribution < 1.29 is 22.7 Å². The molecule has 1 heterocycles. The Hall–Kier alpha value is -3.08. The molecule has 2 aromatic rings. The zero-order valence-corrected chi connectivity index (χ0v) is 11.6. The Morgan fingerprint density at radius 2 is 2.09 bits per heavy atom. The molecule has 0 amide bonds. The minimum atomic E-state index is -4.48. The second kappa shape index (κ2) is 6.79. The van der Waals surface area contributed by atoms with Gasteiger partial charge in [-0.3, -0.25) is 0 Å². The zero-order chi connectivity index (χ0) is 16.9. The van der Waals surface area contributed by atoms with Gasteiger partial charge < -0.3 is 10.1 Å². The van der Waals surface area contributed by atoms with E-state index in [1.807, 2.05) is 0 Å². The fraction of sp³-hybridized carbons (Fsp3) is 0.133. The van der Waals surface area contributed by atoms with Gasteiger partial charge in [0.1, 0.15) is 17.5 Å². The number of alkyl halides is 3. The number of hydrogen-bond acceptors (Lipinski definition) is 5. The molecule has 1 aromatic carbocycles. The van der Waals surface area contributed by atoms with Crippen molar-refractivity contribution in [3.63, 3.8) is 0 Å². The number of carbonyl (C=O) groups excluding carboxylic acids is 1. The third-order valence-corrected chi connectivity index (χ3v) is 2.75. The number of nitriles is 1. The lowest BCUT2D eigenvalue weighted by atomic mass is 10.2. The van der Waals surface area contributed by atoms with Crippen LogP contribution in [0.5, 0.6) is 0 Å². The maximum absolute atomic E-state index is 12.7. The molecule has 0 radical (unpaired) electrons. The first kappa shape index (κ1) is 16.3. The van der Waals surface area contributed by atoms with E-state index < -0.39 is 24.3 Å². The van der Waals surface area contributed by atoms with Crippen molar-refractivity contribution in [3.8, 4) is 6.07 Å². The largest absolute Gasteiger partial charge is 0.447 e. The van der Waals surface area contributed by atoms with E-state index in [0.717, 1.165) is 12.1 Å². The summed E-state index contributed by atoms with van der Waals surface area (Å²) >= 11 is 0. The lowest BCUT2D eigenvalue weighted by molar-refractivity contribution is -0.137. The number of aromatic nitrogens is 1. The van der Waals surface area contributed by atoms with Crippen molar-refractivity contribution in [2.24, 2.45) is 0 Å². The van der Waals surface area contributed by atoms with Crippen LogP contribution >= 0.6 is 0 Å². The summed E-state index contributed by atoms with van der Waals surface area (Å²) in [5.41, 5.74) is -0.694. The summed E-state index contributed by atoms with van der Waals surface area (Å²) in [6.45, 7) is -0.434. The van der Waals surface area contributed by atoms with Gasteiger partial charge in [-0.15, -0.1) is 0 Å². The standard InChI is InChI=1S/C15H10F3N3O2/c16-15(17,18)10-3-1-4-11(9-10)21-13-12(5-2-7-20-13)14(22)23-8-6-19/h1-5,7,9H,8H2,(H,20,21). The molecule has 0 spiro atoms. The summed E-state index contributed by atoms with van der Waals surface area (Å²) in [4.78, 5) is 15.7. The maximum Gasteiger partial charge on any atom is 0.416 e. The highest BCUT2D eigenvalue weighted by Crippen LogP contribution is 2.31. The Balaban J connectivity index is 2.28. The predicted octanol–water partition coefficient (Wildman–Crippen LogP) is 3.52. The number of nitrogens with zero attached hydrogens (tertiary/aromatic N) is 2. The van der Waals surface area contributed by atoms with Crippen LogP contribution in [0, 0.1) is 11.3 Å². The molecule has 0 saturated carbocycles. The zero-order valence-electron chi connectivity index (χ0n) is 11.6. The van der Waals surface area contributed by atoms with Crippen LogP contribution < -0.4 is 5.32 Å². The average Bonchev–Trinajstić information content (AvgIpc) is 2.52. The van der Waals surface area contributed by atoms with E-state index in [0.29, 0.717) is 0 Å². The van der Waals surface area contributed by atoms with Crippen molar-refractivity contribution in [3.05, 3.63) is 53.7 Å². The van der Waals surface area contributed by atoms with Crippen LogP contribution in [0.4, 0.5) is 24.7 Å². The number of hydrogen-bond donors (Lipinski definition) is 1. The summed E-state index contributed by atoms with van der Waals surface area (Å²) in [7, 11) is 0. The van der Waals surface area contributed by atoms with Gasteiger partial charge in [0.15, 0.2) is 6.61 Å². The molecular weight excluding hydrogens is 311 g/mol. The Labute approximate surface area is 129 Å². The third-order valence-electron chi connectivity index (χ3n) is 2.75. The molecule has 118 valence electrons. The Morgan fingerprint density at radius 3 is 2.78 bits per heavy atom. The number of carbonyl (C=O) groups is 1. The normalized spacial score (nSPS) is 10.7. The Bertz CT molecular complexity index is 754. The van der Waals surface area contributed by atoms with Crippen LogP contribution in [-0.2, 0) is 10.9 Å². The van der Waals surface area contributed by atoms with E-state index in [-0.39, 0.29) is 17.1 Å². The van der Waals surface area contributed by atoms with Gasteiger partial charge >= 0.3 is 12.1 Å². The van der Waals surface area contributed by atoms with Gasteiger partial charge in [-0.05, 0) is 30.3 Å². The first-order chi connectivity index (χ1) is 10.9. The van der Waals surface area contributed by atoms with E-state index in [1.165, 1.54) is 30.5 Å². The molecule has 0 bridgehead atoms. The molecule has 0 fully saturated rings. The molecule has 23 heavy (non-hydrogen) atoms. The van der Waals surface area contributed by atoms with E-state index in [4.69, 9.17) is 5.26 Å². The highest BCUT2D eigenvalue weighted by Gasteiger charge is 2.30. The van der Waals surface area contributed by atoms with Gasteiger partial charge in [-0.25, -0.2) is 9.78 Å². The second-order valence-electron chi connectivity index (χ2n) is 4.34. The lowest BCUT2D eigenvalue weighted by Crippen LogP contribution is -2.10. The molecule has 0 unspecified atom stereocenters. The van der Waals surface area contributed by atoms with E-state index in [1.54, 1.807) is 6.07 Å². The quantitative estimate of drug-likeness (QED) is 0.872. The van der Waals surface area contributed by atoms with Crippen molar-refractivity contribution in [1.82, 2.24) is 4.98 Å². The fourth-order valence-corrected chi connectivity index (χ4v) is 1.76. The third kappa shape index (κ3) is 4.20. The van der Waals surface area contributed by atoms with Crippen molar-refractivity contribution in [1.29, 1.82) is 5.26 Å². The van der Waals surface area contributed by atoms with Crippen LogP contribution in [0.15, 0.2) is 42.6 Å². The van der Waals surface area contributed by atoms with Crippen molar-refractivity contribution in [2.75, 3.05) is 11.9 Å². The molecule has 1 N–H and O–H groups in total. The molecular formula is C15H10F3N3O2. The average molecular weight is 321 g/mol. The molecule has 0 atom stereocenters. The molecule has 0 aliphatic heterocycles. The van der Waals surface area contributed by atoms with E-state index in [2.05, 4.69) is 15.0 Å². The highest BCUT2D eigenvalue weighted by atomic mass is 19.4. The van der Waals surface area contributed by atoms with Crippen LogP contribution in [0.3, 0.4) is 0 Å². The number of anilines is 2. The minimum absolute atomic E-state index is 0.0140. The Morgan fingerprint density at radius 1 is 1.30 bits per heavy atom. The van der Waals surface area contributed by atoms with Gasteiger partial charge in [0, 0.05) is 11.9 Å². The first-order valence-corrected chi connectivity index (χ1v) is 6.35. The molecule has 0 saturated heterocycles. The molecule has 8 heteroatoms. The van der Waals surface area contributed by atoms with Crippen molar-refractivity contribution in [2.45, 2.75) is 6.18 Å². The number of halogens is 3. The molecule has 5 nitrogen and oxygen atoms in total. The molecule has 1 aromatic heterocycles. The summed E-state index contributed by atoms with van der Waals surface area (Å²) in [5.74, 6) is -0.760. The van der Waals surface area contributed by atoms with Gasteiger partial charge in [-0.2, -0.15) is 18.4 Å². The van der Waals surface area contributed by atoms with Crippen molar-refractivity contribution >= 4 is 17.5 Å². The number of benzene rings is 1. The minimum Gasteiger partial charge on any atom is -0.447 e. The van der Waals surface area contributed by atoms with Crippen LogP contribution in [-0.4, -0.2) is 17.6 Å². The maximum atomic E-state index is 12.7. The number of pyridine rings is 1. The van der Waals surface area contributed by atoms with Crippen LogP contribution in [0.2, 0.25) is 0 Å². The topological polar surface area (TPSA) is 75.0 Å². The monoisotopic (exact) mass is 321 g/mol. The second-order valence-corrected chi connectivity index (χ2v) is 4.34. The molecule has 0 aliphatic carbocycles. The lowest BCUT2D eigenvalue weighted by Gasteiger charge is -2.12. The predicted molar refractivity (Wildman–Crippen MR) is 74.9 cm³/mol. The number of esters is 1. The number of nitrogens with one attached hydrogen (secondary N) is 1. The van der Waals surface area contributed by atoms with Gasteiger partial charge in [0.25, 0.3) is 0 Å². The highest BCUT2D eigenvalue weighted by molar-refractivity contribution is 5.95.